The Kier molecular flexibility index (Phi) is 19.2. The van der Waals surface area contributed by atoms with Crippen molar-refractivity contribution in [3.63, 3.8) is 0 Å². The monoisotopic (exact) mass is 956 g/mol. The molecule has 28 nitrogen and oxygen atoms in total. The maximum Gasteiger partial charge on any atom is 0.311 e. The molecule has 4 N–H and O–H groups in total. The Hall–Kier alpha value is -9.38. The number of esters is 2. The molecule has 30 heteroatoms. The lowest BCUT2D eigenvalue weighted by atomic mass is 10.2. The number of carbonyl (C=O) groups excluding carboxylic acids is 4. The zero-order valence-electron chi connectivity index (χ0n) is 36.3. The van der Waals surface area contributed by atoms with Gasteiger partial charge in [-0.3, -0.25) is 59.6 Å². The van der Waals surface area contributed by atoms with Gasteiger partial charge < -0.3 is 40.2 Å². The SMILES string of the molecule is COC(=O)CCNc1cc(NC(C)=O)c(N=Nc2cc(F)c([N+](=O)[O-])cc2[N+](=O)[O-])cc1OC.COC(=O)CCNc1cc(NC(C)=O)c(N=Nc2cc(F)c([N+](=O)[O-])cc2[N+](=O)[O-])cc1OC. The molecule has 4 aromatic carbocycles. The van der Waals surface area contributed by atoms with Crippen LogP contribution in [0.25, 0.3) is 0 Å². The Morgan fingerprint density at radius 1 is 0.500 bits per heavy atom. The highest BCUT2D eigenvalue weighted by Crippen LogP contribution is 2.41. The lowest BCUT2D eigenvalue weighted by molar-refractivity contribution is -0.395. The van der Waals surface area contributed by atoms with Crippen molar-refractivity contribution in [3.8, 4) is 11.5 Å². The number of benzene rings is 4. The number of ether oxygens (including phenoxy) is 4. The second-order valence-corrected chi connectivity index (χ2v) is 13.0. The fourth-order valence-corrected chi connectivity index (χ4v) is 5.33. The molecular formula is C38H38F2N12O16. The molecule has 4 rings (SSSR count). The highest BCUT2D eigenvalue weighted by Gasteiger charge is 2.27. The van der Waals surface area contributed by atoms with Crippen molar-refractivity contribution in [2.45, 2.75) is 26.7 Å². The topological polar surface area (TPSA) is 375 Å². The number of nitrogens with one attached hydrogen (secondary N) is 4. The van der Waals surface area contributed by atoms with Gasteiger partial charge >= 0.3 is 34.7 Å². The van der Waals surface area contributed by atoms with Crippen LogP contribution in [0.5, 0.6) is 11.5 Å². The van der Waals surface area contributed by atoms with E-state index in [2.05, 4.69) is 51.2 Å². The molecule has 0 saturated carbocycles. The van der Waals surface area contributed by atoms with E-state index in [0.717, 1.165) is 0 Å². The normalized spacial score (nSPS) is 10.6. The van der Waals surface area contributed by atoms with Crippen molar-refractivity contribution >= 4 is 92.0 Å². The first-order valence-electron chi connectivity index (χ1n) is 18.8. The smallest absolute Gasteiger partial charge is 0.311 e. The fourth-order valence-electron chi connectivity index (χ4n) is 5.33. The van der Waals surface area contributed by atoms with Crippen LogP contribution in [0.3, 0.4) is 0 Å². The van der Waals surface area contributed by atoms with Crippen molar-refractivity contribution < 1.29 is 66.6 Å². The molecule has 0 atom stereocenters. The minimum Gasteiger partial charge on any atom is -0.495 e. The lowest BCUT2D eigenvalue weighted by Gasteiger charge is -2.14. The number of nitro groups is 4. The first kappa shape index (κ1) is 53.0. The lowest BCUT2D eigenvalue weighted by Crippen LogP contribution is -2.11. The first-order valence-corrected chi connectivity index (χ1v) is 18.8. The van der Waals surface area contributed by atoms with E-state index in [9.17, 15) is 68.4 Å². The number of nitrogens with zero attached hydrogens (tertiary/aromatic N) is 8. The van der Waals surface area contributed by atoms with Crippen molar-refractivity contribution in [1.29, 1.82) is 0 Å². The van der Waals surface area contributed by atoms with Gasteiger partial charge in [-0.15, -0.1) is 20.5 Å². The second-order valence-electron chi connectivity index (χ2n) is 13.0. The van der Waals surface area contributed by atoms with Crippen LogP contribution in [0, 0.1) is 52.1 Å². The maximum atomic E-state index is 14.0. The molecule has 0 heterocycles. The summed E-state index contributed by atoms with van der Waals surface area (Å²) in [6.07, 6.45) is 0.0952. The van der Waals surface area contributed by atoms with E-state index in [1.807, 2.05) is 0 Å². The molecule has 2 amide bonds. The van der Waals surface area contributed by atoms with Gasteiger partial charge in [0.15, 0.2) is 11.4 Å². The zero-order chi connectivity index (χ0) is 50.8. The molecule has 0 unspecified atom stereocenters. The van der Waals surface area contributed by atoms with E-state index >= 15 is 0 Å². The molecule has 0 radical (unpaired) electrons. The molecule has 68 heavy (non-hydrogen) atoms. The highest BCUT2D eigenvalue weighted by atomic mass is 19.1. The van der Waals surface area contributed by atoms with Crippen molar-refractivity contribution in [2.75, 3.05) is 62.8 Å². The summed E-state index contributed by atoms with van der Waals surface area (Å²) < 4.78 is 47.7. The molecule has 0 aliphatic heterocycles. The van der Waals surface area contributed by atoms with Crippen molar-refractivity contribution in [1.82, 2.24) is 0 Å². The molecule has 360 valence electrons. The number of halogens is 2. The Balaban J connectivity index is 0.000000360. The Bertz CT molecular complexity index is 2520. The second kappa shape index (κ2) is 24.6. The molecule has 0 bridgehead atoms. The number of hydrogen-bond acceptors (Lipinski definition) is 22. The summed E-state index contributed by atoms with van der Waals surface area (Å²) in [5.41, 5.74) is -4.08. The predicted molar refractivity (Wildman–Crippen MR) is 233 cm³/mol. The van der Waals surface area contributed by atoms with Gasteiger partial charge in [-0.1, -0.05) is 0 Å². The molecular weight excluding hydrogens is 918 g/mol. The average Bonchev–Trinajstić information content (AvgIpc) is 3.27. The quantitative estimate of drug-likeness (QED) is 0.0282. The van der Waals surface area contributed by atoms with Gasteiger partial charge in [0.2, 0.25) is 23.4 Å². The molecule has 0 aromatic heterocycles. The van der Waals surface area contributed by atoms with Crippen LogP contribution in [-0.4, -0.2) is 85.0 Å². The summed E-state index contributed by atoms with van der Waals surface area (Å²) in [5.74, 6) is -4.09. The summed E-state index contributed by atoms with van der Waals surface area (Å²) in [7, 11) is 5.18. The largest absolute Gasteiger partial charge is 0.495 e. The molecule has 0 fully saturated rings. The minimum absolute atomic E-state index is 0.0152. The third-order valence-electron chi connectivity index (χ3n) is 8.41. The van der Waals surface area contributed by atoms with Gasteiger partial charge in [0.25, 0.3) is 0 Å². The molecule has 0 saturated heterocycles. The van der Waals surface area contributed by atoms with Crippen LogP contribution in [0.2, 0.25) is 0 Å². The van der Waals surface area contributed by atoms with E-state index < -0.39 is 89.2 Å². The third-order valence-corrected chi connectivity index (χ3v) is 8.41. The minimum atomic E-state index is -1.34. The van der Waals surface area contributed by atoms with E-state index in [1.54, 1.807) is 0 Å². The van der Waals surface area contributed by atoms with Crippen LogP contribution in [0.15, 0.2) is 69.0 Å². The fraction of sp³-hybridized carbons (Fsp3) is 0.263. The Morgan fingerprint density at radius 2 is 0.824 bits per heavy atom. The van der Waals surface area contributed by atoms with Crippen LogP contribution in [-0.2, 0) is 28.7 Å². The average molecular weight is 957 g/mol. The molecule has 0 aliphatic rings. The van der Waals surface area contributed by atoms with Gasteiger partial charge in [0.05, 0.1) is 95.9 Å². The number of rotatable bonds is 20. The highest BCUT2D eigenvalue weighted by molar-refractivity contribution is 5.94. The molecule has 0 spiro atoms. The number of methoxy groups -OCH3 is 4. The number of nitro benzene ring substituents is 4. The number of amides is 2. The number of azo groups is 2. The van der Waals surface area contributed by atoms with Gasteiger partial charge in [0, 0.05) is 51.2 Å². The van der Waals surface area contributed by atoms with Crippen LogP contribution < -0.4 is 30.7 Å². The van der Waals surface area contributed by atoms with E-state index in [0.29, 0.717) is 35.6 Å². The Morgan fingerprint density at radius 3 is 1.10 bits per heavy atom. The Labute approximate surface area is 380 Å². The van der Waals surface area contributed by atoms with Crippen molar-refractivity contribution in [2.24, 2.45) is 20.5 Å². The van der Waals surface area contributed by atoms with E-state index in [-0.39, 0.29) is 60.2 Å². The van der Waals surface area contributed by atoms with Crippen LogP contribution >= 0.6 is 0 Å². The first-order chi connectivity index (χ1) is 32.1. The van der Waals surface area contributed by atoms with Gasteiger partial charge in [-0.25, -0.2) is 0 Å². The van der Waals surface area contributed by atoms with Gasteiger partial charge in [-0.2, -0.15) is 8.78 Å². The summed E-state index contributed by atoms with van der Waals surface area (Å²) >= 11 is 0. The van der Waals surface area contributed by atoms with Crippen LogP contribution in [0.4, 0.5) is 77.0 Å². The number of carbonyl (C=O) groups is 4. The zero-order valence-corrected chi connectivity index (χ0v) is 36.3. The summed E-state index contributed by atoms with van der Waals surface area (Å²) in [5, 5.41) is 70.2. The van der Waals surface area contributed by atoms with E-state index in [1.165, 1.54) is 66.6 Å². The maximum absolute atomic E-state index is 14.0. The third kappa shape index (κ3) is 14.8. The summed E-state index contributed by atoms with van der Waals surface area (Å²) in [6.45, 7) is 2.81. The van der Waals surface area contributed by atoms with Crippen molar-refractivity contribution in [3.05, 3.63) is 101 Å². The number of anilines is 4. The van der Waals surface area contributed by atoms with E-state index in [4.69, 9.17) is 9.47 Å². The number of hydrogen-bond donors (Lipinski definition) is 4. The van der Waals surface area contributed by atoms with Crippen LogP contribution in [0.1, 0.15) is 26.7 Å². The molecule has 4 aromatic rings. The summed E-state index contributed by atoms with van der Waals surface area (Å²) in [4.78, 5) is 86.1. The van der Waals surface area contributed by atoms with Gasteiger partial charge in [-0.05, 0) is 12.1 Å². The predicted octanol–water partition coefficient (Wildman–Crippen LogP) is 8.00. The standard InChI is InChI=1S/2C19H19FN6O8/c2*1-10(27)22-12-7-15(21-5-4-19(28)34-3)18(33-2)8-13(12)23-24-14-6-11(20)16(25(29)30)9-17(14)26(31)32/h2*6-9,21H,4-5H2,1-3H3,(H,22,27). The molecule has 0 aliphatic carbocycles. The summed E-state index contributed by atoms with van der Waals surface area (Å²) in [6, 6.07) is 7.43. The van der Waals surface area contributed by atoms with Gasteiger partial charge in [0.1, 0.15) is 22.9 Å².